The van der Waals surface area contributed by atoms with Crippen LogP contribution >= 0.6 is 0 Å². The zero-order valence-electron chi connectivity index (χ0n) is 10.2. The van der Waals surface area contributed by atoms with Crippen LogP contribution in [0.4, 0.5) is 0 Å². The summed E-state index contributed by atoms with van der Waals surface area (Å²) in [5.74, 6) is 0.540. The molecule has 102 valence electrons. The van der Waals surface area contributed by atoms with Crippen LogP contribution in [-0.2, 0) is 9.47 Å². The van der Waals surface area contributed by atoms with Gasteiger partial charge in [0.25, 0.3) is 0 Å². The Labute approximate surface area is 108 Å². The van der Waals surface area contributed by atoms with Crippen molar-refractivity contribution in [1.82, 2.24) is 19.8 Å². The summed E-state index contributed by atoms with van der Waals surface area (Å²) in [6, 6.07) is 3.58. The fourth-order valence-electron chi connectivity index (χ4n) is 1.30. The first-order valence-electron chi connectivity index (χ1n) is 5.99. The van der Waals surface area contributed by atoms with Crippen LogP contribution in [0, 0.1) is 0 Å². The number of nitrogens with zero attached hydrogens (tertiary/aromatic N) is 4. The second-order valence-corrected chi connectivity index (χ2v) is 4.18. The van der Waals surface area contributed by atoms with Crippen molar-refractivity contribution in [3.8, 4) is 5.88 Å². The van der Waals surface area contributed by atoms with Crippen molar-refractivity contribution in [1.29, 1.82) is 0 Å². The molecule has 2 atom stereocenters. The highest BCUT2D eigenvalue weighted by molar-refractivity contribution is 5.35. The first-order valence-corrected chi connectivity index (χ1v) is 5.99. The monoisotopic (exact) mass is 266 g/mol. The molecule has 0 spiro atoms. The van der Waals surface area contributed by atoms with Gasteiger partial charge in [-0.1, -0.05) is 0 Å². The lowest BCUT2D eigenvalue weighted by molar-refractivity contribution is 0.244. The Morgan fingerprint density at radius 3 is 2.74 bits per heavy atom. The van der Waals surface area contributed by atoms with E-state index in [2.05, 4.69) is 19.9 Å². The average Bonchev–Trinajstić information content (AvgIpc) is 3.35. The van der Waals surface area contributed by atoms with E-state index in [4.69, 9.17) is 14.6 Å². The Morgan fingerprint density at radius 2 is 2.11 bits per heavy atom. The Morgan fingerprint density at radius 1 is 1.32 bits per heavy atom. The number of aliphatic hydroxyl groups excluding tert-OH is 1. The summed E-state index contributed by atoms with van der Waals surface area (Å²) in [4.78, 5) is 3.98. The van der Waals surface area contributed by atoms with Gasteiger partial charge in [-0.05, 0) is 6.07 Å². The van der Waals surface area contributed by atoms with E-state index in [9.17, 15) is 0 Å². The minimum atomic E-state index is 0.190. The molecule has 19 heavy (non-hydrogen) atoms. The Balaban J connectivity index is 0.000000187. The van der Waals surface area contributed by atoms with E-state index in [0.717, 1.165) is 13.2 Å². The summed E-state index contributed by atoms with van der Waals surface area (Å²) in [5.41, 5.74) is 0.708. The number of hydrogen-bond donors (Lipinski definition) is 1. The topological polar surface area (TPSA) is 97.6 Å². The van der Waals surface area contributed by atoms with E-state index in [1.807, 2.05) is 6.07 Å². The molecule has 0 bridgehead atoms. The third-order valence-corrected chi connectivity index (χ3v) is 2.55. The minimum Gasteiger partial charge on any atom is -0.474 e. The fraction of sp³-hybridized carbons (Fsp3) is 0.545. The lowest BCUT2D eigenvalue weighted by atomic mass is 10.5. The maximum Gasteiger partial charge on any atom is 0.233 e. The highest BCUT2D eigenvalue weighted by atomic mass is 16.6. The lowest BCUT2D eigenvalue weighted by Crippen LogP contribution is -2.07. The van der Waals surface area contributed by atoms with Crippen molar-refractivity contribution in [2.24, 2.45) is 0 Å². The molecule has 2 aromatic heterocycles. The second-order valence-electron chi connectivity index (χ2n) is 4.18. The molecule has 1 N–H and O–H groups in total. The Hall–Kier alpha value is -1.77. The number of epoxide rings is 2. The van der Waals surface area contributed by atoms with Crippen LogP contribution < -0.4 is 4.74 Å². The number of fused-ring (bicyclic) bond motifs is 1. The van der Waals surface area contributed by atoms with Crippen molar-refractivity contribution in [2.75, 3.05) is 26.4 Å². The number of aliphatic hydroxyl groups is 1. The third-order valence-electron chi connectivity index (χ3n) is 2.55. The molecule has 2 aromatic rings. The molecular weight excluding hydrogens is 252 g/mol. The summed E-state index contributed by atoms with van der Waals surface area (Å²) >= 11 is 0. The van der Waals surface area contributed by atoms with Crippen LogP contribution in [0.25, 0.3) is 5.65 Å². The van der Waals surface area contributed by atoms with E-state index < -0.39 is 0 Å². The van der Waals surface area contributed by atoms with Crippen LogP contribution in [-0.4, -0.2) is 63.6 Å². The van der Waals surface area contributed by atoms with Crippen LogP contribution in [0.2, 0.25) is 0 Å². The largest absolute Gasteiger partial charge is 0.474 e. The maximum atomic E-state index is 8.08. The van der Waals surface area contributed by atoms with Gasteiger partial charge < -0.3 is 19.3 Å². The predicted octanol–water partition coefficient (Wildman–Crippen LogP) is -0.721. The molecule has 2 aliphatic heterocycles. The number of hydrogen-bond acceptors (Lipinski definition) is 7. The molecule has 0 aliphatic carbocycles. The van der Waals surface area contributed by atoms with E-state index >= 15 is 0 Å². The zero-order chi connectivity index (χ0) is 13.1. The molecule has 0 radical (unpaired) electrons. The van der Waals surface area contributed by atoms with Crippen molar-refractivity contribution in [3.05, 3.63) is 18.5 Å². The summed E-state index contributed by atoms with van der Waals surface area (Å²) in [6.07, 6.45) is 1.88. The number of ether oxygens (including phenoxy) is 3. The molecule has 4 heterocycles. The van der Waals surface area contributed by atoms with Gasteiger partial charge in [0.1, 0.15) is 25.1 Å². The van der Waals surface area contributed by atoms with Crippen LogP contribution in [0.1, 0.15) is 0 Å². The summed E-state index contributed by atoms with van der Waals surface area (Å²) in [6.45, 7) is 2.29. The van der Waals surface area contributed by atoms with Crippen molar-refractivity contribution >= 4 is 5.65 Å². The van der Waals surface area contributed by atoms with Gasteiger partial charge in [0.2, 0.25) is 5.88 Å². The summed E-state index contributed by atoms with van der Waals surface area (Å²) in [5, 5.41) is 16.1. The smallest absolute Gasteiger partial charge is 0.233 e. The maximum absolute atomic E-state index is 8.08. The van der Waals surface area contributed by atoms with Gasteiger partial charge in [-0.15, -0.1) is 14.8 Å². The molecule has 2 saturated heterocycles. The van der Waals surface area contributed by atoms with Crippen molar-refractivity contribution < 1.29 is 19.3 Å². The predicted molar refractivity (Wildman–Crippen MR) is 62.8 cm³/mol. The highest BCUT2D eigenvalue weighted by Crippen LogP contribution is 2.12. The van der Waals surface area contributed by atoms with Crippen molar-refractivity contribution in [3.63, 3.8) is 0 Å². The van der Waals surface area contributed by atoms with Gasteiger partial charge >= 0.3 is 0 Å². The first kappa shape index (κ1) is 12.3. The van der Waals surface area contributed by atoms with Gasteiger partial charge in [-0.2, -0.15) is 0 Å². The minimum absolute atomic E-state index is 0.190. The van der Waals surface area contributed by atoms with Crippen molar-refractivity contribution in [2.45, 2.75) is 12.2 Å². The molecule has 0 saturated carbocycles. The standard InChI is InChI=1S/C8H8N4O2.C3H6O2/c1-2-8(14-4-6-3-13-6)11-12-7(1)9-5-10-12;4-1-3-2-5-3/h1-2,5-6H,3-4H2;3-4H,1-2H2. The van der Waals surface area contributed by atoms with Crippen LogP contribution in [0.5, 0.6) is 5.88 Å². The van der Waals surface area contributed by atoms with E-state index in [1.54, 1.807) is 6.07 Å². The quantitative estimate of drug-likeness (QED) is 0.729. The second kappa shape index (κ2) is 5.47. The van der Waals surface area contributed by atoms with E-state index in [1.165, 1.54) is 11.0 Å². The average molecular weight is 266 g/mol. The van der Waals surface area contributed by atoms with Gasteiger partial charge in [0, 0.05) is 6.07 Å². The van der Waals surface area contributed by atoms with Crippen LogP contribution in [0.15, 0.2) is 18.5 Å². The van der Waals surface area contributed by atoms with Gasteiger partial charge in [-0.3, -0.25) is 0 Å². The molecule has 0 amide bonds. The summed E-state index contributed by atoms with van der Waals surface area (Å²) in [7, 11) is 0. The van der Waals surface area contributed by atoms with E-state index in [0.29, 0.717) is 18.1 Å². The molecular formula is C11H14N4O4. The fourth-order valence-corrected chi connectivity index (χ4v) is 1.30. The molecule has 4 rings (SSSR count). The number of aromatic nitrogens is 4. The normalized spacial score (nSPS) is 23.6. The van der Waals surface area contributed by atoms with Gasteiger partial charge in [0.05, 0.1) is 19.8 Å². The molecule has 8 nitrogen and oxygen atoms in total. The Kier molecular flexibility index (Phi) is 3.53. The molecule has 2 unspecified atom stereocenters. The summed E-state index contributed by atoms with van der Waals surface area (Å²) < 4.78 is 16.4. The Bertz CT molecular complexity index is 538. The van der Waals surface area contributed by atoms with Gasteiger partial charge in [0.15, 0.2) is 5.65 Å². The highest BCUT2D eigenvalue weighted by Gasteiger charge is 2.23. The number of rotatable bonds is 4. The molecule has 8 heteroatoms. The zero-order valence-corrected chi connectivity index (χ0v) is 10.2. The lowest BCUT2D eigenvalue weighted by Gasteiger charge is -2.01. The van der Waals surface area contributed by atoms with Crippen LogP contribution in [0.3, 0.4) is 0 Å². The molecule has 2 fully saturated rings. The van der Waals surface area contributed by atoms with Gasteiger partial charge in [-0.25, -0.2) is 4.98 Å². The first-order chi connectivity index (χ1) is 9.35. The molecule has 0 aromatic carbocycles. The SMILES string of the molecule is OCC1CO1.c1nc2ccc(OCC3CO3)nn2n1. The molecule has 2 aliphatic rings. The third kappa shape index (κ3) is 3.60. The van der Waals surface area contributed by atoms with E-state index in [-0.39, 0.29) is 18.8 Å².